The number of hydrogen-bond donors (Lipinski definition) is 1. The van der Waals surface area contributed by atoms with E-state index in [9.17, 15) is 0 Å². The van der Waals surface area contributed by atoms with Crippen molar-refractivity contribution in [3.63, 3.8) is 0 Å². The van der Waals surface area contributed by atoms with Crippen molar-refractivity contribution >= 4 is 0 Å². The molecule has 3 nitrogen and oxygen atoms in total. The van der Waals surface area contributed by atoms with Gasteiger partial charge in [-0.05, 0) is 18.1 Å². The molecule has 0 unspecified atom stereocenters. The van der Waals surface area contributed by atoms with Crippen LogP contribution in [-0.2, 0) is 11.3 Å². The van der Waals surface area contributed by atoms with Gasteiger partial charge in [-0.1, -0.05) is 18.2 Å². The molecule has 0 radical (unpaired) electrons. The highest BCUT2D eigenvalue weighted by atomic mass is 16.6. The number of benzene rings is 1. The van der Waals surface area contributed by atoms with Crippen molar-refractivity contribution in [1.29, 1.82) is 5.26 Å². The molecular weight excluding hydrogens is 152 g/mol. The Kier molecular flexibility index (Phi) is 3.27. The van der Waals surface area contributed by atoms with Gasteiger partial charge in [0.2, 0.25) is 0 Å². The molecule has 0 heterocycles. The third-order valence-electron chi connectivity index (χ3n) is 1.63. The molecule has 0 amide bonds. The average Bonchev–Trinajstić information content (AvgIpc) is 2.15. The van der Waals surface area contributed by atoms with Gasteiger partial charge < -0.3 is 4.84 Å². The van der Waals surface area contributed by atoms with E-state index in [0.717, 1.165) is 5.56 Å². The highest BCUT2D eigenvalue weighted by molar-refractivity contribution is 5.37. The monoisotopic (exact) mass is 162 g/mol. The molecule has 0 saturated heterocycles. The fourth-order valence-electron chi connectivity index (χ4n) is 1.02. The van der Waals surface area contributed by atoms with Gasteiger partial charge in [-0.2, -0.15) is 5.26 Å². The van der Waals surface area contributed by atoms with Gasteiger partial charge in [0, 0.05) is 0 Å². The van der Waals surface area contributed by atoms with Crippen molar-refractivity contribution < 1.29 is 4.84 Å². The second-order valence-electron chi connectivity index (χ2n) is 2.39. The highest BCUT2D eigenvalue weighted by Crippen LogP contribution is 2.07. The minimum absolute atomic E-state index is 0.443. The molecule has 0 spiro atoms. The van der Waals surface area contributed by atoms with Crippen molar-refractivity contribution in [3.05, 3.63) is 35.4 Å². The normalized spacial score (nSPS) is 9.33. The van der Waals surface area contributed by atoms with Gasteiger partial charge in [0.05, 0.1) is 18.2 Å². The molecule has 62 valence electrons. The number of nitrogens with two attached hydrogens (primary N) is 1. The second-order valence-corrected chi connectivity index (χ2v) is 2.39. The van der Waals surface area contributed by atoms with Gasteiger partial charge in [0.15, 0.2) is 0 Å². The highest BCUT2D eigenvalue weighted by Gasteiger charge is 1.98. The van der Waals surface area contributed by atoms with Crippen molar-refractivity contribution in [3.8, 4) is 6.07 Å². The molecule has 0 saturated carbocycles. The average molecular weight is 162 g/mol. The van der Waals surface area contributed by atoms with Crippen LogP contribution in [-0.4, -0.2) is 6.61 Å². The maximum absolute atomic E-state index is 8.70. The number of hydrogen-bond acceptors (Lipinski definition) is 3. The van der Waals surface area contributed by atoms with Gasteiger partial charge in [-0.25, -0.2) is 5.90 Å². The summed E-state index contributed by atoms with van der Waals surface area (Å²) >= 11 is 0. The molecule has 0 aliphatic heterocycles. The summed E-state index contributed by atoms with van der Waals surface area (Å²) in [6.07, 6.45) is 0.681. The predicted molar refractivity (Wildman–Crippen MR) is 45.0 cm³/mol. The molecule has 1 aromatic carbocycles. The first-order valence-electron chi connectivity index (χ1n) is 3.68. The van der Waals surface area contributed by atoms with Gasteiger partial charge in [-0.15, -0.1) is 0 Å². The quantitative estimate of drug-likeness (QED) is 0.674. The minimum atomic E-state index is 0.443. The van der Waals surface area contributed by atoms with E-state index in [4.69, 9.17) is 11.2 Å². The Morgan fingerprint density at radius 1 is 1.42 bits per heavy atom. The topological polar surface area (TPSA) is 59.0 Å². The molecule has 0 fully saturated rings. The molecule has 2 N–H and O–H groups in total. The van der Waals surface area contributed by atoms with Crippen LogP contribution >= 0.6 is 0 Å². The Morgan fingerprint density at radius 3 is 2.83 bits per heavy atom. The Labute approximate surface area is 71.3 Å². The zero-order valence-corrected chi connectivity index (χ0v) is 6.66. The molecule has 12 heavy (non-hydrogen) atoms. The van der Waals surface area contributed by atoms with E-state index < -0.39 is 0 Å². The van der Waals surface area contributed by atoms with E-state index in [1.54, 1.807) is 6.07 Å². The number of rotatable bonds is 3. The standard InChI is InChI=1S/C9H10N2O/c10-7-9-4-2-1-3-8(9)5-6-12-11/h1-4H,5-6,11H2. The molecule has 0 aliphatic rings. The van der Waals surface area contributed by atoms with Gasteiger partial charge in [0.25, 0.3) is 0 Å². The van der Waals surface area contributed by atoms with E-state index in [2.05, 4.69) is 10.9 Å². The summed E-state index contributed by atoms with van der Waals surface area (Å²) in [6.45, 7) is 0.443. The summed E-state index contributed by atoms with van der Waals surface area (Å²) in [5.41, 5.74) is 1.67. The minimum Gasteiger partial charge on any atom is -0.304 e. The van der Waals surface area contributed by atoms with Crippen LogP contribution < -0.4 is 5.90 Å². The third kappa shape index (κ3) is 2.06. The van der Waals surface area contributed by atoms with Gasteiger partial charge in [0.1, 0.15) is 0 Å². The van der Waals surface area contributed by atoms with E-state index in [1.807, 2.05) is 18.2 Å². The van der Waals surface area contributed by atoms with Crippen LogP contribution in [0.3, 0.4) is 0 Å². The first kappa shape index (κ1) is 8.72. The lowest BCUT2D eigenvalue weighted by atomic mass is 10.1. The van der Waals surface area contributed by atoms with Crippen LogP contribution in [0.5, 0.6) is 0 Å². The second kappa shape index (κ2) is 4.50. The fraction of sp³-hybridized carbons (Fsp3) is 0.222. The number of nitriles is 1. The van der Waals surface area contributed by atoms with E-state index >= 15 is 0 Å². The molecular formula is C9H10N2O. The number of nitrogens with zero attached hydrogens (tertiary/aromatic N) is 1. The van der Waals surface area contributed by atoms with Gasteiger partial charge >= 0.3 is 0 Å². The summed E-state index contributed by atoms with van der Waals surface area (Å²) in [7, 11) is 0. The van der Waals surface area contributed by atoms with Crippen molar-refractivity contribution in [2.75, 3.05) is 6.61 Å². The zero-order valence-electron chi connectivity index (χ0n) is 6.66. The van der Waals surface area contributed by atoms with Crippen LogP contribution in [0.15, 0.2) is 24.3 Å². The lowest BCUT2D eigenvalue weighted by Crippen LogP contribution is -2.04. The van der Waals surface area contributed by atoms with Crippen LogP contribution in [0.1, 0.15) is 11.1 Å². The maximum Gasteiger partial charge on any atom is 0.0994 e. The smallest absolute Gasteiger partial charge is 0.0994 e. The molecule has 0 atom stereocenters. The molecule has 0 aromatic heterocycles. The van der Waals surface area contributed by atoms with Gasteiger partial charge in [-0.3, -0.25) is 0 Å². The van der Waals surface area contributed by atoms with Crippen molar-refractivity contribution in [2.45, 2.75) is 6.42 Å². The molecule has 0 bridgehead atoms. The molecule has 1 aromatic rings. The lowest BCUT2D eigenvalue weighted by Gasteiger charge is -2.00. The zero-order chi connectivity index (χ0) is 8.81. The summed E-state index contributed by atoms with van der Waals surface area (Å²) in [4.78, 5) is 4.44. The maximum atomic E-state index is 8.70. The Bertz CT molecular complexity index is 291. The Morgan fingerprint density at radius 2 is 2.17 bits per heavy atom. The van der Waals surface area contributed by atoms with Crippen molar-refractivity contribution in [2.24, 2.45) is 5.90 Å². The van der Waals surface area contributed by atoms with Crippen LogP contribution in [0.2, 0.25) is 0 Å². The Balaban J connectivity index is 2.77. The summed E-state index contributed by atoms with van der Waals surface area (Å²) in [6, 6.07) is 9.53. The van der Waals surface area contributed by atoms with Crippen LogP contribution in [0.4, 0.5) is 0 Å². The van der Waals surface area contributed by atoms with E-state index in [1.165, 1.54) is 0 Å². The molecule has 3 heteroatoms. The fourth-order valence-corrected chi connectivity index (χ4v) is 1.02. The largest absolute Gasteiger partial charge is 0.304 e. The van der Waals surface area contributed by atoms with Crippen molar-refractivity contribution in [1.82, 2.24) is 0 Å². The summed E-state index contributed by atoms with van der Waals surface area (Å²) in [5.74, 6) is 4.88. The molecule has 1 rings (SSSR count). The predicted octanol–water partition coefficient (Wildman–Crippen LogP) is 0.991. The first-order chi connectivity index (χ1) is 5.88. The summed E-state index contributed by atoms with van der Waals surface area (Å²) in [5, 5.41) is 8.70. The van der Waals surface area contributed by atoms with Crippen LogP contribution in [0, 0.1) is 11.3 Å². The summed E-state index contributed by atoms with van der Waals surface area (Å²) < 4.78 is 0. The molecule has 0 aliphatic carbocycles. The SMILES string of the molecule is N#Cc1ccccc1CCON. The van der Waals surface area contributed by atoms with E-state index in [-0.39, 0.29) is 0 Å². The third-order valence-corrected chi connectivity index (χ3v) is 1.63. The first-order valence-corrected chi connectivity index (χ1v) is 3.68. The Hall–Kier alpha value is -1.37. The van der Waals surface area contributed by atoms with Crippen LogP contribution in [0.25, 0.3) is 0 Å². The van der Waals surface area contributed by atoms with E-state index in [0.29, 0.717) is 18.6 Å². The lowest BCUT2D eigenvalue weighted by molar-refractivity contribution is 0.141.